The molecule has 0 aliphatic heterocycles. The molecule has 1 aliphatic carbocycles. The first kappa shape index (κ1) is 20.0. The lowest BCUT2D eigenvalue weighted by Crippen LogP contribution is -2.61. The molecule has 13 heteroatoms. The van der Waals surface area contributed by atoms with Crippen molar-refractivity contribution in [3.63, 3.8) is 0 Å². The molecule has 1 saturated carbocycles. The molecule has 0 heterocycles. The van der Waals surface area contributed by atoms with E-state index in [1.807, 2.05) is 0 Å². The van der Waals surface area contributed by atoms with Crippen LogP contribution in [0.4, 0.5) is 26.3 Å². The van der Waals surface area contributed by atoms with Gasteiger partial charge in [0.25, 0.3) is 0 Å². The van der Waals surface area contributed by atoms with Crippen LogP contribution in [-0.4, -0.2) is 40.2 Å². The smallest absolute Gasteiger partial charge is 0.425 e. The van der Waals surface area contributed by atoms with Crippen molar-refractivity contribution < 1.29 is 55.3 Å². The van der Waals surface area contributed by atoms with Crippen molar-refractivity contribution in [2.45, 2.75) is 48.9 Å². The lowest BCUT2D eigenvalue weighted by atomic mass is 9.96. The highest BCUT2D eigenvalue weighted by molar-refractivity contribution is 7.96. The number of carbonyl (C=O) groups excluding carboxylic acids is 2. The number of ether oxygens (including phenoxy) is 1. The number of ketones is 1. The maximum absolute atomic E-state index is 13.0. The van der Waals surface area contributed by atoms with Gasteiger partial charge in [-0.1, -0.05) is 5.04 Å². The molecule has 0 aromatic heterocycles. The average molecular weight is 372 g/mol. The van der Waals surface area contributed by atoms with Crippen LogP contribution in [-0.2, 0) is 23.7 Å². The molecular weight excluding hydrogens is 362 g/mol. The zero-order valence-electron chi connectivity index (χ0n) is 11.1. The molecule has 0 saturated heterocycles. The van der Waals surface area contributed by atoms with Crippen LogP contribution in [0.3, 0.4) is 0 Å². The van der Waals surface area contributed by atoms with Crippen LogP contribution in [0.15, 0.2) is 0 Å². The quantitative estimate of drug-likeness (QED) is 0.261. The Kier molecular flexibility index (Phi) is 6.29. The molecule has 23 heavy (non-hydrogen) atoms. The van der Waals surface area contributed by atoms with E-state index in [9.17, 15) is 35.9 Å². The minimum Gasteiger partial charge on any atom is -0.453 e. The molecule has 0 bridgehead atoms. The summed E-state index contributed by atoms with van der Waals surface area (Å²) in [5, 5.41) is 10.6. The van der Waals surface area contributed by atoms with Crippen molar-refractivity contribution in [1.82, 2.24) is 0 Å². The van der Waals surface area contributed by atoms with Crippen molar-refractivity contribution in [2.75, 3.05) is 0 Å². The van der Waals surface area contributed by atoms with Crippen LogP contribution in [0.2, 0.25) is 0 Å². The van der Waals surface area contributed by atoms with Gasteiger partial charge in [0, 0.05) is 6.42 Å². The lowest BCUT2D eigenvalue weighted by molar-refractivity contribution is -0.434. The van der Waals surface area contributed by atoms with E-state index < -0.39 is 47.0 Å². The summed E-state index contributed by atoms with van der Waals surface area (Å²) in [4.78, 5) is 23.1. The Morgan fingerprint density at radius 3 is 2.13 bits per heavy atom. The van der Waals surface area contributed by atoms with Gasteiger partial charge in [-0.15, -0.1) is 4.33 Å². The summed E-state index contributed by atoms with van der Waals surface area (Å²) in [6, 6.07) is 0. The average Bonchev–Trinajstić information content (AvgIpc) is 2.39. The van der Waals surface area contributed by atoms with E-state index in [1.54, 1.807) is 0 Å². The first-order valence-corrected chi connectivity index (χ1v) is 6.74. The van der Waals surface area contributed by atoms with Crippen molar-refractivity contribution in [2.24, 2.45) is 0 Å². The summed E-state index contributed by atoms with van der Waals surface area (Å²) in [5.74, 6) is -3.55. The fourth-order valence-electron chi connectivity index (χ4n) is 1.87. The minimum absolute atomic E-state index is 0.119. The van der Waals surface area contributed by atoms with E-state index in [2.05, 4.69) is 14.1 Å². The Bertz CT molecular complexity index is 436. The SMILES string of the molecule is O=C1CCCCC1OC(=O)C(SOOO)(C(F)(F)F)C(F)(F)F. The predicted octanol–water partition coefficient (Wildman–Crippen LogP) is 2.97. The molecule has 0 spiro atoms. The Morgan fingerprint density at radius 2 is 1.70 bits per heavy atom. The monoisotopic (exact) mass is 372 g/mol. The largest absolute Gasteiger partial charge is 0.453 e. The number of hydrogen-bond donors (Lipinski definition) is 1. The first-order chi connectivity index (χ1) is 10.5. The first-order valence-electron chi connectivity index (χ1n) is 6.00. The van der Waals surface area contributed by atoms with Crippen molar-refractivity contribution >= 4 is 23.8 Å². The van der Waals surface area contributed by atoms with Crippen LogP contribution in [0.1, 0.15) is 25.7 Å². The number of hydrogen-bond acceptors (Lipinski definition) is 7. The van der Waals surface area contributed by atoms with Gasteiger partial charge >= 0.3 is 23.1 Å². The number of rotatable bonds is 5. The highest BCUT2D eigenvalue weighted by Crippen LogP contribution is 2.53. The van der Waals surface area contributed by atoms with Crippen LogP contribution in [0.25, 0.3) is 0 Å². The second-order valence-electron chi connectivity index (χ2n) is 4.51. The van der Waals surface area contributed by atoms with E-state index >= 15 is 0 Å². The summed E-state index contributed by atoms with van der Waals surface area (Å²) in [6.45, 7) is 0. The van der Waals surface area contributed by atoms with Crippen LogP contribution in [0, 0.1) is 0 Å². The molecule has 134 valence electrons. The third-order valence-electron chi connectivity index (χ3n) is 3.02. The molecular formula is C10H10F6O6S. The number of carbonyl (C=O) groups is 2. The molecule has 6 nitrogen and oxygen atoms in total. The van der Waals surface area contributed by atoms with Crippen molar-refractivity contribution in [1.29, 1.82) is 0 Å². The van der Waals surface area contributed by atoms with Gasteiger partial charge < -0.3 is 4.74 Å². The van der Waals surface area contributed by atoms with Gasteiger partial charge in [0.15, 0.2) is 11.9 Å². The summed E-state index contributed by atoms with van der Waals surface area (Å²) in [6.07, 6.45) is -13.7. The molecule has 0 radical (unpaired) electrons. The van der Waals surface area contributed by atoms with Crippen molar-refractivity contribution in [3.8, 4) is 0 Å². The summed E-state index contributed by atoms with van der Waals surface area (Å²) < 4.78 is 79.9. The third-order valence-corrected chi connectivity index (χ3v) is 4.03. The highest BCUT2D eigenvalue weighted by atomic mass is 32.2. The van der Waals surface area contributed by atoms with E-state index in [-0.39, 0.29) is 12.8 Å². The van der Waals surface area contributed by atoms with Gasteiger partial charge in [0.1, 0.15) is 0 Å². The molecule has 1 atom stereocenters. The van der Waals surface area contributed by atoms with Gasteiger partial charge in [-0.25, -0.2) is 10.1 Å². The minimum atomic E-state index is -6.21. The number of esters is 1. The molecule has 1 unspecified atom stereocenters. The number of alkyl halides is 6. The van der Waals surface area contributed by atoms with Crippen LogP contribution >= 0.6 is 12.0 Å². The van der Waals surface area contributed by atoms with E-state index in [0.29, 0.717) is 12.8 Å². The second-order valence-corrected chi connectivity index (χ2v) is 5.42. The predicted molar refractivity (Wildman–Crippen MR) is 60.6 cm³/mol. The third kappa shape index (κ3) is 4.08. The highest BCUT2D eigenvalue weighted by Gasteiger charge is 2.79. The molecule has 0 aromatic carbocycles. The molecule has 0 aromatic rings. The van der Waals surface area contributed by atoms with Gasteiger partial charge in [-0.3, -0.25) is 4.79 Å². The Balaban J connectivity index is 3.16. The second kappa shape index (κ2) is 7.23. The summed E-state index contributed by atoms with van der Waals surface area (Å²) >= 11 is -1.53. The maximum atomic E-state index is 13.0. The number of halogens is 6. The summed E-state index contributed by atoms with van der Waals surface area (Å²) in [5.41, 5.74) is 0. The Morgan fingerprint density at radius 1 is 1.13 bits per heavy atom. The van der Waals surface area contributed by atoms with E-state index in [4.69, 9.17) is 5.26 Å². The fraction of sp³-hybridized carbons (Fsp3) is 0.800. The van der Waals surface area contributed by atoms with Crippen LogP contribution < -0.4 is 0 Å². The normalized spacial score (nSPS) is 20.5. The molecule has 1 rings (SSSR count). The van der Waals surface area contributed by atoms with Gasteiger partial charge in [0.05, 0.1) is 12.0 Å². The zero-order chi connectivity index (χ0) is 17.9. The molecule has 1 N–H and O–H groups in total. The fourth-order valence-corrected chi connectivity index (χ4v) is 2.31. The Labute approximate surface area is 129 Å². The molecule has 1 fully saturated rings. The zero-order valence-corrected chi connectivity index (χ0v) is 11.9. The van der Waals surface area contributed by atoms with E-state index in [1.165, 1.54) is 0 Å². The van der Waals surface area contributed by atoms with Gasteiger partial charge in [-0.2, -0.15) is 26.3 Å². The molecule has 1 aliphatic rings. The van der Waals surface area contributed by atoms with Gasteiger partial charge in [0.2, 0.25) is 0 Å². The molecule has 0 amide bonds. The topological polar surface area (TPSA) is 82.1 Å². The summed E-state index contributed by atoms with van der Waals surface area (Å²) in [7, 11) is 0. The lowest BCUT2D eigenvalue weighted by Gasteiger charge is -2.33. The maximum Gasteiger partial charge on any atom is 0.425 e. The number of Topliss-reactive ketones (excluding diaryl/α,β-unsaturated/α-hetero) is 1. The van der Waals surface area contributed by atoms with Crippen LogP contribution in [0.5, 0.6) is 0 Å². The van der Waals surface area contributed by atoms with Crippen molar-refractivity contribution in [3.05, 3.63) is 0 Å². The standard InChI is InChI=1S/C10H10F6O6S/c11-9(12,13)8(10(14,15)16,23-22-21-19)7(18)20-6-4-2-1-3-5(6)17/h6,19H,1-4H2. The Hall–Kier alpha value is -1.05. The van der Waals surface area contributed by atoms with Gasteiger partial charge in [-0.05, 0) is 19.3 Å². The van der Waals surface area contributed by atoms with E-state index in [0.717, 1.165) is 0 Å².